The number of pyridine rings is 2. The molecular formula is C16H19N5O3. The molecule has 1 saturated heterocycles. The van der Waals surface area contributed by atoms with E-state index in [1.165, 1.54) is 6.20 Å². The molecule has 0 spiro atoms. The second kappa shape index (κ2) is 5.20. The molecule has 0 aromatic carbocycles. The van der Waals surface area contributed by atoms with Crippen molar-refractivity contribution >= 4 is 28.5 Å². The zero-order valence-corrected chi connectivity index (χ0v) is 13.1. The quantitative estimate of drug-likeness (QED) is 0.750. The van der Waals surface area contributed by atoms with Crippen molar-refractivity contribution in [2.75, 3.05) is 23.7 Å². The van der Waals surface area contributed by atoms with Crippen molar-refractivity contribution in [1.82, 2.24) is 9.55 Å². The zero-order valence-electron chi connectivity index (χ0n) is 13.1. The highest BCUT2D eigenvalue weighted by Crippen LogP contribution is 2.37. The molecule has 3 heterocycles. The predicted octanol–water partition coefficient (Wildman–Crippen LogP) is 0.549. The lowest BCUT2D eigenvalue weighted by Gasteiger charge is -2.20. The van der Waals surface area contributed by atoms with Crippen LogP contribution in [-0.4, -0.2) is 39.8 Å². The molecule has 2 fully saturated rings. The van der Waals surface area contributed by atoms with Gasteiger partial charge in [0.25, 0.3) is 0 Å². The van der Waals surface area contributed by atoms with Crippen LogP contribution in [0, 0.1) is 0 Å². The van der Waals surface area contributed by atoms with Gasteiger partial charge in [0.1, 0.15) is 11.2 Å². The van der Waals surface area contributed by atoms with Gasteiger partial charge in [-0.05, 0) is 25.3 Å². The van der Waals surface area contributed by atoms with Crippen LogP contribution < -0.4 is 21.8 Å². The lowest BCUT2D eigenvalue weighted by Crippen LogP contribution is -2.28. The van der Waals surface area contributed by atoms with E-state index in [2.05, 4.69) is 4.98 Å². The van der Waals surface area contributed by atoms with Crippen molar-refractivity contribution in [2.45, 2.75) is 31.3 Å². The van der Waals surface area contributed by atoms with Crippen LogP contribution in [0.15, 0.2) is 17.1 Å². The molecule has 2 aromatic heterocycles. The molecule has 0 bridgehead atoms. The fourth-order valence-corrected chi connectivity index (χ4v) is 3.29. The third kappa shape index (κ3) is 2.30. The highest BCUT2D eigenvalue weighted by atomic mass is 16.4. The fourth-order valence-electron chi connectivity index (χ4n) is 3.29. The van der Waals surface area contributed by atoms with Gasteiger partial charge in [0.2, 0.25) is 5.43 Å². The third-order valence-electron chi connectivity index (χ3n) is 4.71. The van der Waals surface area contributed by atoms with Crippen molar-refractivity contribution < 1.29 is 9.90 Å². The fraction of sp³-hybridized carbons (Fsp3) is 0.438. The summed E-state index contributed by atoms with van der Waals surface area (Å²) in [5, 5.41) is 9.55. The van der Waals surface area contributed by atoms with Crippen LogP contribution in [0.2, 0.25) is 0 Å². The van der Waals surface area contributed by atoms with Gasteiger partial charge >= 0.3 is 5.97 Å². The smallest absolute Gasteiger partial charge is 0.341 e. The maximum atomic E-state index is 12.5. The Morgan fingerprint density at radius 1 is 1.33 bits per heavy atom. The van der Waals surface area contributed by atoms with Gasteiger partial charge in [0.15, 0.2) is 5.82 Å². The molecule has 5 N–H and O–H groups in total. The average Bonchev–Trinajstić information content (AvgIpc) is 3.28. The molecule has 8 heteroatoms. The maximum Gasteiger partial charge on any atom is 0.341 e. The molecule has 126 valence electrons. The topological polar surface area (TPSA) is 127 Å². The van der Waals surface area contributed by atoms with Gasteiger partial charge in [-0.1, -0.05) is 0 Å². The van der Waals surface area contributed by atoms with Crippen LogP contribution in [0.5, 0.6) is 0 Å². The van der Waals surface area contributed by atoms with E-state index in [0.717, 1.165) is 25.8 Å². The van der Waals surface area contributed by atoms with Crippen LogP contribution in [0.4, 0.5) is 11.5 Å². The van der Waals surface area contributed by atoms with Gasteiger partial charge in [-0.2, -0.15) is 0 Å². The van der Waals surface area contributed by atoms with E-state index in [-0.39, 0.29) is 23.0 Å². The first-order chi connectivity index (χ1) is 11.5. The summed E-state index contributed by atoms with van der Waals surface area (Å²) >= 11 is 0. The first-order valence-electron chi connectivity index (χ1n) is 8.05. The molecule has 0 radical (unpaired) electrons. The number of rotatable bonds is 3. The Labute approximate surface area is 137 Å². The van der Waals surface area contributed by atoms with Gasteiger partial charge in [-0.25, -0.2) is 9.78 Å². The van der Waals surface area contributed by atoms with Crippen molar-refractivity contribution in [3.63, 3.8) is 0 Å². The first kappa shape index (κ1) is 14.9. The number of carboxylic acid groups (broad SMARTS) is 1. The number of carboxylic acids is 1. The molecule has 1 saturated carbocycles. The molecule has 0 amide bonds. The van der Waals surface area contributed by atoms with Crippen LogP contribution in [0.1, 0.15) is 35.7 Å². The number of anilines is 2. The summed E-state index contributed by atoms with van der Waals surface area (Å²) in [7, 11) is 0. The molecule has 24 heavy (non-hydrogen) atoms. The Morgan fingerprint density at radius 2 is 2.08 bits per heavy atom. The van der Waals surface area contributed by atoms with Crippen molar-refractivity contribution in [1.29, 1.82) is 0 Å². The SMILES string of the molecule is Nc1cc2c(=O)c(C(=O)O)cn(C3CC3)c2nc1N1CCC(N)C1. The molecule has 8 nitrogen and oxygen atoms in total. The second-order valence-electron chi connectivity index (χ2n) is 6.58. The zero-order chi connectivity index (χ0) is 17.0. The lowest BCUT2D eigenvalue weighted by atomic mass is 10.1. The van der Waals surface area contributed by atoms with E-state index in [9.17, 15) is 14.7 Å². The van der Waals surface area contributed by atoms with Gasteiger partial charge in [0.05, 0.1) is 11.1 Å². The minimum Gasteiger partial charge on any atom is -0.477 e. The van der Waals surface area contributed by atoms with Gasteiger partial charge in [-0.3, -0.25) is 4.79 Å². The van der Waals surface area contributed by atoms with Crippen LogP contribution >= 0.6 is 0 Å². The van der Waals surface area contributed by atoms with E-state index >= 15 is 0 Å². The van der Waals surface area contributed by atoms with E-state index < -0.39 is 11.4 Å². The Morgan fingerprint density at radius 3 is 2.67 bits per heavy atom. The number of aromatic nitrogens is 2. The highest BCUT2D eigenvalue weighted by molar-refractivity contribution is 5.93. The first-order valence-corrected chi connectivity index (χ1v) is 8.05. The number of nitrogen functional groups attached to an aromatic ring is 1. The maximum absolute atomic E-state index is 12.5. The summed E-state index contributed by atoms with van der Waals surface area (Å²) in [6, 6.07) is 1.83. The Kier molecular flexibility index (Phi) is 3.24. The number of carbonyl (C=O) groups is 1. The monoisotopic (exact) mass is 329 g/mol. The molecule has 4 rings (SSSR count). The van der Waals surface area contributed by atoms with Crippen LogP contribution in [-0.2, 0) is 0 Å². The van der Waals surface area contributed by atoms with Gasteiger partial charge < -0.3 is 26.0 Å². The molecule has 1 unspecified atom stereocenters. The molecular weight excluding hydrogens is 310 g/mol. The summed E-state index contributed by atoms with van der Waals surface area (Å²) in [6.07, 6.45) is 4.18. The average molecular weight is 329 g/mol. The largest absolute Gasteiger partial charge is 0.477 e. The summed E-state index contributed by atoms with van der Waals surface area (Å²) in [5.74, 6) is -0.614. The predicted molar refractivity (Wildman–Crippen MR) is 90.5 cm³/mol. The molecule has 1 aliphatic carbocycles. The number of nitrogens with two attached hydrogens (primary N) is 2. The lowest BCUT2D eigenvalue weighted by molar-refractivity contribution is 0.0695. The third-order valence-corrected chi connectivity index (χ3v) is 4.71. The van der Waals surface area contributed by atoms with Crippen LogP contribution in [0.3, 0.4) is 0 Å². The number of nitrogens with zero attached hydrogens (tertiary/aromatic N) is 3. The Balaban J connectivity index is 1.95. The summed E-state index contributed by atoms with van der Waals surface area (Å²) in [5.41, 5.74) is 12.2. The minimum atomic E-state index is -1.23. The summed E-state index contributed by atoms with van der Waals surface area (Å²) in [6.45, 7) is 1.44. The number of aromatic carboxylic acids is 1. The van der Waals surface area contributed by atoms with Crippen molar-refractivity contribution in [3.05, 3.63) is 28.0 Å². The van der Waals surface area contributed by atoms with E-state index in [4.69, 9.17) is 11.5 Å². The summed E-state index contributed by atoms with van der Waals surface area (Å²) in [4.78, 5) is 30.5. The van der Waals surface area contributed by atoms with E-state index in [1.54, 1.807) is 10.6 Å². The molecule has 2 aromatic rings. The number of fused-ring (bicyclic) bond motifs is 1. The van der Waals surface area contributed by atoms with E-state index in [1.807, 2.05) is 4.90 Å². The molecule has 1 aliphatic heterocycles. The molecule has 2 aliphatic rings. The standard InChI is InChI=1S/C16H19N5O3/c17-8-3-4-20(6-8)15-12(18)5-10-13(22)11(16(23)24)7-21(9-1-2-9)14(10)19-15/h5,7-9H,1-4,6,17-18H2,(H,23,24). The van der Waals surface area contributed by atoms with E-state index in [0.29, 0.717) is 23.7 Å². The molecule has 1 atom stereocenters. The number of hydrogen-bond acceptors (Lipinski definition) is 6. The van der Waals surface area contributed by atoms with Crippen molar-refractivity contribution in [2.24, 2.45) is 5.73 Å². The van der Waals surface area contributed by atoms with Crippen LogP contribution in [0.25, 0.3) is 11.0 Å². The highest BCUT2D eigenvalue weighted by Gasteiger charge is 2.29. The second-order valence-corrected chi connectivity index (χ2v) is 6.58. The minimum absolute atomic E-state index is 0.0851. The van der Waals surface area contributed by atoms with Gasteiger partial charge in [-0.15, -0.1) is 0 Å². The van der Waals surface area contributed by atoms with Crippen molar-refractivity contribution in [3.8, 4) is 0 Å². The Hall–Kier alpha value is -2.61. The summed E-state index contributed by atoms with van der Waals surface area (Å²) < 4.78 is 1.80. The Bertz CT molecular complexity index is 903. The normalized spacial score (nSPS) is 20.7. The van der Waals surface area contributed by atoms with Gasteiger partial charge in [0, 0.05) is 31.4 Å². The number of hydrogen-bond donors (Lipinski definition) is 3.